The van der Waals surface area contributed by atoms with Gasteiger partial charge in [0.25, 0.3) is 6.29 Å². The third-order valence-corrected chi connectivity index (χ3v) is 5.74. The van der Waals surface area contributed by atoms with Gasteiger partial charge in [-0.1, -0.05) is 13.8 Å². The Morgan fingerprint density at radius 3 is 2.72 bits per heavy atom. The highest BCUT2D eigenvalue weighted by molar-refractivity contribution is 5.92. The number of esters is 2. The molecule has 134 valence electrons. The summed E-state index contributed by atoms with van der Waals surface area (Å²) in [6.07, 6.45) is 3.53. The molecule has 0 aromatic carbocycles. The van der Waals surface area contributed by atoms with Crippen molar-refractivity contribution in [3.8, 4) is 0 Å². The monoisotopic (exact) mass is 346 g/mol. The molecule has 1 saturated heterocycles. The zero-order valence-corrected chi connectivity index (χ0v) is 14.6. The molecule has 0 aromatic rings. The van der Waals surface area contributed by atoms with Gasteiger partial charge in [-0.05, 0) is 42.7 Å². The third kappa shape index (κ3) is 2.51. The minimum Gasteiger partial charge on any atom is -0.458 e. The summed E-state index contributed by atoms with van der Waals surface area (Å²) in [7, 11) is 0. The second-order valence-electron chi connectivity index (χ2n) is 7.85. The first-order valence-electron chi connectivity index (χ1n) is 8.65. The number of carbonyl (C=O) groups excluding carboxylic acids is 2. The molecular weight excluding hydrogens is 324 g/mol. The van der Waals surface area contributed by atoms with Crippen LogP contribution in [0.15, 0.2) is 34.6 Å². The van der Waals surface area contributed by atoms with Crippen molar-refractivity contribution in [2.24, 2.45) is 11.3 Å². The number of fused-ring (bicyclic) bond motifs is 2. The van der Waals surface area contributed by atoms with Crippen LogP contribution in [0.1, 0.15) is 40.0 Å². The molecule has 6 heteroatoms. The van der Waals surface area contributed by atoms with Gasteiger partial charge in [-0.2, -0.15) is 0 Å². The topological polar surface area (TPSA) is 82.1 Å². The Hall–Kier alpha value is -2.08. The summed E-state index contributed by atoms with van der Waals surface area (Å²) in [5, 5.41) is 10.4. The van der Waals surface area contributed by atoms with Gasteiger partial charge in [0.05, 0.1) is 17.9 Å². The van der Waals surface area contributed by atoms with Crippen LogP contribution in [0.4, 0.5) is 0 Å². The van der Waals surface area contributed by atoms with Crippen LogP contribution in [0, 0.1) is 11.3 Å². The van der Waals surface area contributed by atoms with Crippen LogP contribution in [0.3, 0.4) is 0 Å². The van der Waals surface area contributed by atoms with Crippen LogP contribution in [0.2, 0.25) is 0 Å². The van der Waals surface area contributed by atoms with Crippen molar-refractivity contribution < 1.29 is 28.9 Å². The Kier molecular flexibility index (Phi) is 3.58. The van der Waals surface area contributed by atoms with Crippen LogP contribution in [0.5, 0.6) is 0 Å². The fraction of sp³-hybridized carbons (Fsp3) is 0.579. The Labute approximate surface area is 146 Å². The van der Waals surface area contributed by atoms with E-state index in [9.17, 15) is 14.7 Å². The predicted octanol–water partition coefficient (Wildman–Crippen LogP) is 2.14. The summed E-state index contributed by atoms with van der Waals surface area (Å²) < 4.78 is 16.1. The molecule has 4 atom stereocenters. The van der Waals surface area contributed by atoms with Gasteiger partial charge in [-0.3, -0.25) is 0 Å². The highest BCUT2D eigenvalue weighted by atomic mass is 16.7. The van der Waals surface area contributed by atoms with E-state index in [1.54, 1.807) is 13.0 Å². The van der Waals surface area contributed by atoms with Gasteiger partial charge in [0, 0.05) is 17.6 Å². The Morgan fingerprint density at radius 1 is 1.28 bits per heavy atom. The summed E-state index contributed by atoms with van der Waals surface area (Å²) in [4.78, 5) is 23.7. The van der Waals surface area contributed by atoms with Crippen LogP contribution < -0.4 is 0 Å². The number of carbonyl (C=O) groups is 2. The number of hydrogen-bond donors (Lipinski definition) is 1. The lowest BCUT2D eigenvalue weighted by Gasteiger charge is -2.36. The van der Waals surface area contributed by atoms with Crippen molar-refractivity contribution in [2.75, 3.05) is 0 Å². The average molecular weight is 346 g/mol. The van der Waals surface area contributed by atoms with Crippen LogP contribution in [0.25, 0.3) is 0 Å². The van der Waals surface area contributed by atoms with Gasteiger partial charge in [0.2, 0.25) is 0 Å². The van der Waals surface area contributed by atoms with Crippen molar-refractivity contribution in [1.82, 2.24) is 0 Å². The average Bonchev–Trinajstić information content (AvgIpc) is 3.15. The molecule has 0 bridgehead atoms. The predicted molar refractivity (Wildman–Crippen MR) is 86.8 cm³/mol. The number of aliphatic hydroxyl groups excluding tert-OH is 1. The molecule has 6 nitrogen and oxygen atoms in total. The lowest BCUT2D eigenvalue weighted by atomic mass is 9.71. The molecule has 1 unspecified atom stereocenters. The molecular formula is C19H22O6. The Bertz CT molecular complexity index is 741. The molecule has 1 N–H and O–H groups in total. The number of aliphatic hydroxyl groups is 1. The molecule has 2 aliphatic carbocycles. The molecule has 0 radical (unpaired) electrons. The van der Waals surface area contributed by atoms with Crippen molar-refractivity contribution in [3.63, 3.8) is 0 Å². The largest absolute Gasteiger partial charge is 0.458 e. The van der Waals surface area contributed by atoms with Crippen molar-refractivity contribution in [1.29, 1.82) is 0 Å². The van der Waals surface area contributed by atoms with Crippen LogP contribution in [-0.2, 0) is 23.8 Å². The van der Waals surface area contributed by atoms with E-state index in [-0.39, 0.29) is 17.4 Å². The summed E-state index contributed by atoms with van der Waals surface area (Å²) in [6, 6.07) is 0. The third-order valence-electron chi connectivity index (χ3n) is 5.74. The molecule has 1 fully saturated rings. The lowest BCUT2D eigenvalue weighted by Crippen LogP contribution is -2.31. The number of cyclic esters (lactones) is 1. The molecule has 0 spiro atoms. The number of ether oxygens (including phenoxy) is 3. The van der Waals surface area contributed by atoms with Gasteiger partial charge in [0.15, 0.2) is 0 Å². The SMILES string of the molecule is CC1=CC(OC=C2C(=O)O[C@@H]3C4=C(C[C@H]23)[C@@H](O)CCC4(C)C)OC1=O. The first-order valence-corrected chi connectivity index (χ1v) is 8.65. The fourth-order valence-electron chi connectivity index (χ4n) is 4.38. The summed E-state index contributed by atoms with van der Waals surface area (Å²) in [5.41, 5.74) is 2.91. The van der Waals surface area contributed by atoms with E-state index in [1.807, 2.05) is 0 Å². The van der Waals surface area contributed by atoms with E-state index in [0.717, 1.165) is 24.0 Å². The van der Waals surface area contributed by atoms with Gasteiger partial charge in [0.1, 0.15) is 6.10 Å². The molecule has 0 amide bonds. The van der Waals surface area contributed by atoms with Crippen LogP contribution in [-0.4, -0.2) is 35.5 Å². The zero-order valence-electron chi connectivity index (χ0n) is 14.6. The van der Waals surface area contributed by atoms with E-state index in [2.05, 4.69) is 13.8 Å². The quantitative estimate of drug-likeness (QED) is 0.357. The summed E-state index contributed by atoms with van der Waals surface area (Å²) >= 11 is 0. The lowest BCUT2D eigenvalue weighted by molar-refractivity contribution is -0.152. The maximum atomic E-state index is 12.3. The van der Waals surface area contributed by atoms with Gasteiger partial charge in [-0.15, -0.1) is 0 Å². The molecule has 0 aromatic heterocycles. The fourth-order valence-corrected chi connectivity index (χ4v) is 4.38. The molecule has 0 saturated carbocycles. The molecule has 4 aliphatic rings. The highest BCUT2D eigenvalue weighted by Gasteiger charge is 2.53. The van der Waals surface area contributed by atoms with Crippen molar-refractivity contribution in [3.05, 3.63) is 34.6 Å². The second-order valence-corrected chi connectivity index (χ2v) is 7.85. The molecule has 2 aliphatic heterocycles. The van der Waals surface area contributed by atoms with Gasteiger partial charge in [-0.25, -0.2) is 9.59 Å². The van der Waals surface area contributed by atoms with Crippen LogP contribution >= 0.6 is 0 Å². The minimum absolute atomic E-state index is 0.0919. The second kappa shape index (κ2) is 5.46. The first-order chi connectivity index (χ1) is 11.8. The van der Waals surface area contributed by atoms with E-state index in [4.69, 9.17) is 14.2 Å². The first kappa shape index (κ1) is 16.4. The normalized spacial score (nSPS) is 37.6. The number of rotatable bonds is 2. The Morgan fingerprint density at radius 2 is 2.04 bits per heavy atom. The smallest absolute Gasteiger partial charge is 0.338 e. The summed E-state index contributed by atoms with van der Waals surface area (Å²) in [5.74, 6) is -0.965. The maximum Gasteiger partial charge on any atom is 0.338 e. The molecule has 2 heterocycles. The highest BCUT2D eigenvalue weighted by Crippen LogP contribution is 2.54. The van der Waals surface area contributed by atoms with Crippen molar-refractivity contribution in [2.45, 2.75) is 58.5 Å². The van der Waals surface area contributed by atoms with E-state index >= 15 is 0 Å². The molecule has 25 heavy (non-hydrogen) atoms. The van der Waals surface area contributed by atoms with E-state index in [0.29, 0.717) is 17.6 Å². The summed E-state index contributed by atoms with van der Waals surface area (Å²) in [6.45, 7) is 5.92. The maximum absolute atomic E-state index is 12.3. The van der Waals surface area contributed by atoms with E-state index in [1.165, 1.54) is 6.26 Å². The minimum atomic E-state index is -0.808. The molecule has 4 rings (SSSR count). The van der Waals surface area contributed by atoms with E-state index < -0.39 is 24.3 Å². The van der Waals surface area contributed by atoms with Gasteiger partial charge >= 0.3 is 11.9 Å². The standard InChI is InChI=1S/C19H22O6/c1-9-6-14(24-17(9)21)23-8-12-10-7-11-13(20)4-5-19(2,3)15(11)16(10)25-18(12)22/h6,8,10,13-14,16,20H,4-5,7H2,1-3H3/t10-,13+,14?,16+/m1/s1. The van der Waals surface area contributed by atoms with Crippen molar-refractivity contribution >= 4 is 11.9 Å². The van der Waals surface area contributed by atoms with Gasteiger partial charge < -0.3 is 19.3 Å². The zero-order chi connectivity index (χ0) is 17.9. The Balaban J connectivity index is 1.57. The number of hydrogen-bond acceptors (Lipinski definition) is 6.